The van der Waals surface area contributed by atoms with Crippen molar-refractivity contribution in [3.05, 3.63) is 0 Å². The lowest BCUT2D eigenvalue weighted by Gasteiger charge is -2.34. The largest absolute Gasteiger partial charge is 0.481 e. The van der Waals surface area contributed by atoms with Gasteiger partial charge in [0.05, 0.1) is 5.92 Å². The molecule has 19 heavy (non-hydrogen) atoms. The molecule has 1 N–H and O–H groups in total. The van der Waals surface area contributed by atoms with Gasteiger partial charge in [-0.25, -0.2) is 4.79 Å². The first kappa shape index (κ1) is 15.8. The molecule has 1 aliphatic rings. The molecule has 0 radical (unpaired) electrons. The Kier molecular flexibility index (Phi) is 6.08. The SMILES string of the molecule is COCC1CCN(C(=O)N(C)CC(C)C(=O)O)CC1. The van der Waals surface area contributed by atoms with E-state index in [1.54, 1.807) is 26.0 Å². The van der Waals surface area contributed by atoms with Gasteiger partial charge in [0.2, 0.25) is 0 Å². The third kappa shape index (κ3) is 4.70. The topological polar surface area (TPSA) is 70.1 Å². The maximum Gasteiger partial charge on any atom is 0.319 e. The van der Waals surface area contributed by atoms with E-state index in [1.807, 2.05) is 0 Å². The molecular formula is C13H24N2O4. The molecule has 0 aliphatic carbocycles. The summed E-state index contributed by atoms with van der Waals surface area (Å²) in [5.74, 6) is -0.893. The van der Waals surface area contributed by atoms with Gasteiger partial charge in [-0.05, 0) is 18.8 Å². The van der Waals surface area contributed by atoms with Crippen molar-refractivity contribution in [3.63, 3.8) is 0 Å². The number of rotatable bonds is 5. The Bertz CT molecular complexity index is 314. The van der Waals surface area contributed by atoms with Crippen molar-refractivity contribution in [2.75, 3.05) is 40.4 Å². The highest BCUT2D eigenvalue weighted by molar-refractivity contribution is 5.76. The number of carboxylic acids is 1. The van der Waals surface area contributed by atoms with Crippen molar-refractivity contribution in [1.82, 2.24) is 9.80 Å². The van der Waals surface area contributed by atoms with Gasteiger partial charge in [0, 0.05) is 40.4 Å². The second kappa shape index (κ2) is 7.33. The third-order valence-corrected chi connectivity index (χ3v) is 3.58. The zero-order valence-corrected chi connectivity index (χ0v) is 12.0. The first-order chi connectivity index (χ1) is 8.95. The van der Waals surface area contributed by atoms with E-state index in [0.717, 1.165) is 32.5 Å². The molecule has 110 valence electrons. The standard InChI is InChI=1S/C13H24N2O4/c1-10(12(16)17)8-14(2)13(18)15-6-4-11(5-7-15)9-19-3/h10-11H,4-9H2,1-3H3,(H,16,17). The summed E-state index contributed by atoms with van der Waals surface area (Å²) >= 11 is 0. The minimum atomic E-state index is -0.876. The summed E-state index contributed by atoms with van der Waals surface area (Å²) in [6.45, 7) is 4.04. The van der Waals surface area contributed by atoms with Crippen LogP contribution in [0, 0.1) is 11.8 Å². The van der Waals surface area contributed by atoms with Crippen LogP contribution in [0.4, 0.5) is 4.79 Å². The molecule has 0 aromatic rings. The summed E-state index contributed by atoms with van der Waals surface area (Å²) in [6.07, 6.45) is 1.89. The van der Waals surface area contributed by atoms with Crippen LogP contribution in [-0.4, -0.2) is 67.3 Å². The van der Waals surface area contributed by atoms with Crippen LogP contribution in [0.1, 0.15) is 19.8 Å². The monoisotopic (exact) mass is 272 g/mol. The molecule has 1 heterocycles. The highest BCUT2D eigenvalue weighted by Crippen LogP contribution is 2.18. The molecule has 0 saturated carbocycles. The zero-order chi connectivity index (χ0) is 14.4. The molecule has 1 unspecified atom stereocenters. The number of hydrogen-bond donors (Lipinski definition) is 1. The van der Waals surface area contributed by atoms with E-state index in [-0.39, 0.29) is 12.6 Å². The molecule has 1 rings (SSSR count). The third-order valence-electron chi connectivity index (χ3n) is 3.58. The normalized spacial score (nSPS) is 18.2. The molecule has 1 saturated heterocycles. The van der Waals surface area contributed by atoms with E-state index in [4.69, 9.17) is 9.84 Å². The fourth-order valence-corrected chi connectivity index (χ4v) is 2.34. The van der Waals surface area contributed by atoms with E-state index in [9.17, 15) is 9.59 Å². The number of nitrogens with zero attached hydrogens (tertiary/aromatic N) is 2. The van der Waals surface area contributed by atoms with Crippen LogP contribution in [0.15, 0.2) is 0 Å². The van der Waals surface area contributed by atoms with Gasteiger partial charge in [0.25, 0.3) is 0 Å². The molecule has 1 aliphatic heterocycles. The highest BCUT2D eigenvalue weighted by Gasteiger charge is 2.26. The number of methoxy groups -OCH3 is 1. The Morgan fingerprint density at radius 1 is 1.42 bits per heavy atom. The molecular weight excluding hydrogens is 248 g/mol. The lowest BCUT2D eigenvalue weighted by atomic mass is 9.98. The molecule has 0 bridgehead atoms. The predicted molar refractivity (Wildman–Crippen MR) is 71.0 cm³/mol. The van der Waals surface area contributed by atoms with Crippen molar-refractivity contribution in [3.8, 4) is 0 Å². The molecule has 1 atom stereocenters. The number of amides is 2. The fraction of sp³-hybridized carbons (Fsp3) is 0.846. The first-order valence-corrected chi connectivity index (χ1v) is 6.67. The van der Waals surface area contributed by atoms with Crippen molar-refractivity contribution in [1.29, 1.82) is 0 Å². The molecule has 1 fully saturated rings. The van der Waals surface area contributed by atoms with E-state index in [0.29, 0.717) is 5.92 Å². The quantitative estimate of drug-likeness (QED) is 0.814. The first-order valence-electron chi connectivity index (χ1n) is 6.67. The van der Waals surface area contributed by atoms with Gasteiger partial charge in [-0.2, -0.15) is 0 Å². The van der Waals surface area contributed by atoms with Gasteiger partial charge in [-0.1, -0.05) is 6.92 Å². The molecule has 6 heteroatoms. The van der Waals surface area contributed by atoms with Crippen molar-refractivity contribution >= 4 is 12.0 Å². The summed E-state index contributed by atoms with van der Waals surface area (Å²) in [7, 11) is 3.35. The molecule has 6 nitrogen and oxygen atoms in total. The van der Waals surface area contributed by atoms with Gasteiger partial charge in [0.15, 0.2) is 0 Å². The fourth-order valence-electron chi connectivity index (χ4n) is 2.34. The summed E-state index contributed by atoms with van der Waals surface area (Å²) < 4.78 is 5.12. The van der Waals surface area contributed by atoms with E-state index < -0.39 is 11.9 Å². The Balaban J connectivity index is 2.40. The van der Waals surface area contributed by atoms with E-state index in [2.05, 4.69) is 0 Å². The molecule has 0 aromatic carbocycles. The number of likely N-dealkylation sites (tertiary alicyclic amines) is 1. The number of carbonyl (C=O) groups excluding carboxylic acids is 1. The van der Waals surface area contributed by atoms with Crippen molar-refractivity contribution < 1.29 is 19.4 Å². The van der Waals surface area contributed by atoms with Crippen LogP contribution in [-0.2, 0) is 9.53 Å². The summed E-state index contributed by atoms with van der Waals surface area (Å²) in [4.78, 5) is 26.2. The number of hydrogen-bond acceptors (Lipinski definition) is 3. The molecule has 0 spiro atoms. The van der Waals surface area contributed by atoms with Crippen LogP contribution < -0.4 is 0 Å². The Labute approximate surface area is 114 Å². The van der Waals surface area contributed by atoms with Crippen LogP contribution in [0.5, 0.6) is 0 Å². The van der Waals surface area contributed by atoms with Gasteiger partial charge in [0.1, 0.15) is 0 Å². The van der Waals surface area contributed by atoms with Crippen LogP contribution in [0.3, 0.4) is 0 Å². The smallest absolute Gasteiger partial charge is 0.319 e. The number of aliphatic carboxylic acids is 1. The maximum absolute atomic E-state index is 12.1. The summed E-state index contributed by atoms with van der Waals surface area (Å²) in [5.41, 5.74) is 0. The maximum atomic E-state index is 12.1. The number of carbonyl (C=O) groups is 2. The Hall–Kier alpha value is -1.30. The number of piperidine rings is 1. The van der Waals surface area contributed by atoms with Gasteiger partial charge in [-0.15, -0.1) is 0 Å². The van der Waals surface area contributed by atoms with Crippen molar-refractivity contribution in [2.24, 2.45) is 11.8 Å². The average Bonchev–Trinajstić information content (AvgIpc) is 2.39. The van der Waals surface area contributed by atoms with Crippen LogP contribution in [0.25, 0.3) is 0 Å². The lowest BCUT2D eigenvalue weighted by molar-refractivity contribution is -0.141. The average molecular weight is 272 g/mol. The molecule has 2 amide bonds. The van der Waals surface area contributed by atoms with Crippen LogP contribution in [0.2, 0.25) is 0 Å². The van der Waals surface area contributed by atoms with Crippen molar-refractivity contribution in [2.45, 2.75) is 19.8 Å². The minimum absolute atomic E-state index is 0.0797. The second-order valence-corrected chi connectivity index (χ2v) is 5.29. The van der Waals surface area contributed by atoms with E-state index in [1.165, 1.54) is 4.90 Å². The van der Waals surface area contributed by atoms with Gasteiger partial charge >= 0.3 is 12.0 Å². The second-order valence-electron chi connectivity index (χ2n) is 5.29. The summed E-state index contributed by atoms with van der Waals surface area (Å²) in [5, 5.41) is 8.85. The zero-order valence-electron chi connectivity index (χ0n) is 12.0. The highest BCUT2D eigenvalue weighted by atomic mass is 16.5. The predicted octanol–water partition coefficient (Wildman–Crippen LogP) is 1.12. The molecule has 0 aromatic heterocycles. The Morgan fingerprint density at radius 2 is 2.00 bits per heavy atom. The summed E-state index contributed by atoms with van der Waals surface area (Å²) in [6, 6.07) is -0.0797. The number of ether oxygens (including phenoxy) is 1. The minimum Gasteiger partial charge on any atom is -0.481 e. The number of carboxylic acid groups (broad SMARTS) is 1. The van der Waals surface area contributed by atoms with Gasteiger partial charge < -0.3 is 19.6 Å². The Morgan fingerprint density at radius 3 is 2.47 bits per heavy atom. The number of urea groups is 1. The van der Waals surface area contributed by atoms with Crippen LogP contribution >= 0.6 is 0 Å². The van der Waals surface area contributed by atoms with E-state index >= 15 is 0 Å². The van der Waals surface area contributed by atoms with Gasteiger partial charge in [-0.3, -0.25) is 4.79 Å². The lowest BCUT2D eigenvalue weighted by Crippen LogP contribution is -2.47.